The van der Waals surface area contributed by atoms with Crippen LogP contribution in [0, 0.1) is 25.5 Å². The Hall–Kier alpha value is -2.24. The largest absolute Gasteiger partial charge is 0.481 e. The second-order valence-electron chi connectivity index (χ2n) is 4.59. The van der Waals surface area contributed by atoms with Crippen molar-refractivity contribution < 1.29 is 18.7 Å². The van der Waals surface area contributed by atoms with Crippen LogP contribution >= 0.6 is 0 Å². The van der Waals surface area contributed by atoms with Crippen molar-refractivity contribution in [3.63, 3.8) is 0 Å². The van der Waals surface area contributed by atoms with Crippen molar-refractivity contribution in [3.05, 3.63) is 52.3 Å². The summed E-state index contributed by atoms with van der Waals surface area (Å²) >= 11 is 0. The Morgan fingerprint density at radius 2 is 2.05 bits per heavy atom. The smallest absolute Gasteiger partial charge is 0.307 e. The Bertz CT molecular complexity index is 665. The van der Waals surface area contributed by atoms with Crippen LogP contribution in [0.2, 0.25) is 0 Å². The van der Waals surface area contributed by atoms with Crippen molar-refractivity contribution in [3.8, 4) is 0 Å². The molecule has 0 bridgehead atoms. The molecule has 0 atom stereocenters. The van der Waals surface area contributed by atoms with Crippen molar-refractivity contribution in [1.82, 2.24) is 9.78 Å². The fourth-order valence-electron chi connectivity index (χ4n) is 2.13. The molecule has 1 heterocycles. The second kappa shape index (κ2) is 5.40. The molecule has 0 saturated carbocycles. The topological polar surface area (TPSA) is 55.1 Å². The summed E-state index contributed by atoms with van der Waals surface area (Å²) < 4.78 is 28.3. The van der Waals surface area contributed by atoms with E-state index in [2.05, 4.69) is 5.10 Å². The Morgan fingerprint density at radius 3 is 2.70 bits per heavy atom. The number of halogens is 2. The van der Waals surface area contributed by atoms with Gasteiger partial charge in [-0.05, 0) is 19.9 Å². The van der Waals surface area contributed by atoms with Gasteiger partial charge >= 0.3 is 5.97 Å². The van der Waals surface area contributed by atoms with Crippen LogP contribution in [0.15, 0.2) is 18.2 Å². The SMILES string of the molecule is Cc1nn(Cc2cccc(F)c2F)c(C)c1CC(=O)O. The molecule has 0 amide bonds. The molecule has 4 nitrogen and oxygen atoms in total. The van der Waals surface area contributed by atoms with Gasteiger partial charge in [0, 0.05) is 16.8 Å². The quantitative estimate of drug-likeness (QED) is 0.936. The van der Waals surface area contributed by atoms with E-state index < -0.39 is 17.6 Å². The molecule has 0 saturated heterocycles. The minimum Gasteiger partial charge on any atom is -0.481 e. The normalized spacial score (nSPS) is 10.8. The highest BCUT2D eigenvalue weighted by Gasteiger charge is 2.16. The monoisotopic (exact) mass is 280 g/mol. The number of carboxylic acid groups (broad SMARTS) is 1. The maximum Gasteiger partial charge on any atom is 0.307 e. The van der Waals surface area contributed by atoms with Gasteiger partial charge in [0.1, 0.15) is 0 Å². The lowest BCUT2D eigenvalue weighted by Gasteiger charge is -2.07. The van der Waals surface area contributed by atoms with Gasteiger partial charge in [-0.3, -0.25) is 9.48 Å². The maximum atomic E-state index is 13.6. The van der Waals surface area contributed by atoms with Gasteiger partial charge in [0.2, 0.25) is 0 Å². The van der Waals surface area contributed by atoms with Gasteiger partial charge in [0.15, 0.2) is 11.6 Å². The van der Waals surface area contributed by atoms with Gasteiger partial charge in [-0.2, -0.15) is 5.10 Å². The molecule has 0 fully saturated rings. The molecular formula is C14H14F2N2O2. The number of carboxylic acids is 1. The van der Waals surface area contributed by atoms with E-state index in [1.54, 1.807) is 13.8 Å². The standard InChI is InChI=1S/C14H14F2N2O2/c1-8-11(6-13(19)20)9(2)18(17-8)7-10-4-3-5-12(15)14(10)16/h3-5H,6-7H2,1-2H3,(H,19,20). The van der Waals surface area contributed by atoms with Gasteiger partial charge in [0.25, 0.3) is 0 Å². The van der Waals surface area contributed by atoms with Crippen LogP contribution in [0.1, 0.15) is 22.5 Å². The Kier molecular flexibility index (Phi) is 3.83. The van der Waals surface area contributed by atoms with Crippen LogP contribution in [0.5, 0.6) is 0 Å². The number of nitrogens with zero attached hydrogens (tertiary/aromatic N) is 2. The minimum atomic E-state index is -0.951. The molecule has 2 rings (SSSR count). The molecule has 0 aliphatic rings. The summed E-state index contributed by atoms with van der Waals surface area (Å²) in [6, 6.07) is 3.96. The maximum absolute atomic E-state index is 13.6. The van der Waals surface area contributed by atoms with E-state index in [0.717, 1.165) is 6.07 Å². The lowest BCUT2D eigenvalue weighted by Crippen LogP contribution is -2.08. The summed E-state index contributed by atoms with van der Waals surface area (Å²) in [5.41, 5.74) is 2.02. The summed E-state index contributed by atoms with van der Waals surface area (Å²) in [5.74, 6) is -2.76. The number of rotatable bonds is 4. The first-order valence-electron chi connectivity index (χ1n) is 6.07. The fraction of sp³-hybridized carbons (Fsp3) is 0.286. The van der Waals surface area contributed by atoms with E-state index in [-0.39, 0.29) is 18.5 Å². The molecule has 1 N–H and O–H groups in total. The summed E-state index contributed by atoms with van der Waals surface area (Å²) in [6.07, 6.45) is -0.136. The van der Waals surface area contributed by atoms with Crippen LogP contribution in [-0.2, 0) is 17.8 Å². The van der Waals surface area contributed by atoms with Crippen LogP contribution < -0.4 is 0 Å². The average Bonchev–Trinajstić information content (AvgIpc) is 2.62. The van der Waals surface area contributed by atoms with Gasteiger partial charge in [-0.25, -0.2) is 8.78 Å². The second-order valence-corrected chi connectivity index (χ2v) is 4.59. The van der Waals surface area contributed by atoms with Gasteiger partial charge in [0.05, 0.1) is 18.7 Å². The van der Waals surface area contributed by atoms with Crippen molar-refractivity contribution in [2.75, 3.05) is 0 Å². The Morgan fingerprint density at radius 1 is 1.35 bits per heavy atom. The molecule has 0 spiro atoms. The number of hydrogen-bond acceptors (Lipinski definition) is 2. The molecule has 6 heteroatoms. The summed E-state index contributed by atoms with van der Waals surface area (Å²) in [6.45, 7) is 3.48. The number of benzene rings is 1. The van der Waals surface area contributed by atoms with Crippen molar-refractivity contribution in [2.24, 2.45) is 0 Å². The molecule has 0 unspecified atom stereocenters. The molecular weight excluding hydrogens is 266 g/mol. The van der Waals surface area contributed by atoms with Crippen molar-refractivity contribution >= 4 is 5.97 Å². The molecule has 20 heavy (non-hydrogen) atoms. The number of aliphatic carboxylic acids is 1. The molecule has 0 radical (unpaired) electrons. The van der Waals surface area contributed by atoms with E-state index in [1.807, 2.05) is 0 Å². The zero-order valence-electron chi connectivity index (χ0n) is 11.2. The molecule has 0 aliphatic heterocycles. The lowest BCUT2D eigenvalue weighted by molar-refractivity contribution is -0.136. The first-order valence-corrected chi connectivity index (χ1v) is 6.07. The highest BCUT2D eigenvalue weighted by atomic mass is 19.2. The first-order chi connectivity index (χ1) is 9.40. The summed E-state index contributed by atoms with van der Waals surface area (Å²) in [7, 11) is 0. The number of carbonyl (C=O) groups is 1. The van der Waals surface area contributed by atoms with Crippen LogP contribution in [0.4, 0.5) is 8.78 Å². The third kappa shape index (κ3) is 2.68. The first kappa shape index (κ1) is 14.2. The van der Waals surface area contributed by atoms with Crippen molar-refractivity contribution in [1.29, 1.82) is 0 Å². The third-order valence-electron chi connectivity index (χ3n) is 3.21. The molecule has 1 aromatic heterocycles. The molecule has 1 aromatic carbocycles. The van der Waals surface area contributed by atoms with E-state index >= 15 is 0 Å². The van der Waals surface area contributed by atoms with Crippen LogP contribution in [0.25, 0.3) is 0 Å². The van der Waals surface area contributed by atoms with E-state index in [0.29, 0.717) is 17.0 Å². The van der Waals surface area contributed by atoms with Crippen LogP contribution in [-0.4, -0.2) is 20.9 Å². The minimum absolute atomic E-state index is 0.0654. The van der Waals surface area contributed by atoms with Gasteiger partial charge in [-0.1, -0.05) is 12.1 Å². The highest BCUT2D eigenvalue weighted by molar-refractivity contribution is 5.70. The third-order valence-corrected chi connectivity index (χ3v) is 3.21. The summed E-state index contributed by atoms with van der Waals surface area (Å²) in [4.78, 5) is 10.8. The molecule has 2 aromatic rings. The van der Waals surface area contributed by atoms with Crippen LogP contribution in [0.3, 0.4) is 0 Å². The van der Waals surface area contributed by atoms with Gasteiger partial charge < -0.3 is 5.11 Å². The zero-order valence-corrected chi connectivity index (χ0v) is 11.2. The Labute approximate surface area is 114 Å². The summed E-state index contributed by atoms with van der Waals surface area (Å²) in [5, 5.41) is 13.0. The number of aryl methyl sites for hydroxylation is 1. The van der Waals surface area contributed by atoms with Gasteiger partial charge in [-0.15, -0.1) is 0 Å². The Balaban J connectivity index is 2.35. The zero-order chi connectivity index (χ0) is 14.9. The lowest BCUT2D eigenvalue weighted by atomic mass is 10.1. The van der Waals surface area contributed by atoms with E-state index in [4.69, 9.17) is 5.11 Å². The number of hydrogen-bond donors (Lipinski definition) is 1. The molecule has 106 valence electrons. The predicted molar refractivity (Wildman–Crippen MR) is 68.5 cm³/mol. The predicted octanol–water partition coefficient (Wildman–Crippen LogP) is 2.45. The molecule has 0 aliphatic carbocycles. The van der Waals surface area contributed by atoms with E-state index in [9.17, 15) is 13.6 Å². The van der Waals surface area contributed by atoms with Crippen molar-refractivity contribution in [2.45, 2.75) is 26.8 Å². The number of aromatic nitrogens is 2. The van der Waals surface area contributed by atoms with E-state index in [1.165, 1.54) is 16.8 Å². The fourth-order valence-corrected chi connectivity index (χ4v) is 2.13. The highest BCUT2D eigenvalue weighted by Crippen LogP contribution is 2.18. The average molecular weight is 280 g/mol.